The average Bonchev–Trinajstić information content (AvgIpc) is 3.24. The average molecular weight is 882 g/mol. The van der Waals surface area contributed by atoms with Gasteiger partial charge in [-0.1, -0.05) is 119 Å². The first kappa shape index (κ1) is 51.6. The maximum Gasteiger partial charge on any atom is 0.342 e. The maximum atomic E-state index is 14.0. The predicted octanol–water partition coefficient (Wildman–Crippen LogP) is 9.58. The molecular weight excluding hydrogens is 815 g/mol. The third kappa shape index (κ3) is 16.8. The van der Waals surface area contributed by atoms with Gasteiger partial charge < -0.3 is 34.5 Å². The summed E-state index contributed by atoms with van der Waals surface area (Å²) in [7, 11) is -0.799. The number of hydrogen-bond donors (Lipinski definition) is 3. The molecule has 13 heteroatoms. The Morgan fingerprint density at radius 1 is 0.873 bits per heavy atom. The standard InChI is InChI=1S/C50H67N3O9Si/c1-35(2)19-23-42-33-44(60-32-30-52-47(56)26-22-39-20-24-41(25-21-39)49(57)40-15-11-10-12-16-40)34-45(54)48(42)50(58)62-43(17-13-28-51-46(55)18-14-29-53-59-9)27-31-61-63(36(3)4,37(5)6)38(7)8/h10-16,18-21,24-25,28-29,33-34,36-38,43,54H,17,22-23,26-27,30-32H2,1-9H3,(H,51,55)(H,52,56)/b18-14+,28-13+,53-29+/t43-/m0/s1. The highest BCUT2D eigenvalue weighted by molar-refractivity contribution is 6.77. The minimum atomic E-state index is -2.20. The van der Waals surface area contributed by atoms with Gasteiger partial charge in [0.15, 0.2) is 14.1 Å². The first-order valence-corrected chi connectivity index (χ1v) is 23.8. The highest BCUT2D eigenvalue weighted by Gasteiger charge is 2.45. The summed E-state index contributed by atoms with van der Waals surface area (Å²) in [5.41, 5.74) is 4.84. The fourth-order valence-corrected chi connectivity index (χ4v) is 13.1. The molecule has 0 radical (unpaired) electrons. The van der Waals surface area contributed by atoms with E-state index in [9.17, 15) is 24.3 Å². The van der Waals surface area contributed by atoms with E-state index < -0.39 is 20.4 Å². The zero-order valence-electron chi connectivity index (χ0n) is 38.4. The molecule has 3 N–H and O–H groups in total. The minimum absolute atomic E-state index is 0.0342. The van der Waals surface area contributed by atoms with Gasteiger partial charge in [-0.25, -0.2) is 4.79 Å². The van der Waals surface area contributed by atoms with Crippen LogP contribution in [-0.4, -0.2) is 76.2 Å². The zero-order chi connectivity index (χ0) is 46.4. The van der Waals surface area contributed by atoms with Crippen LogP contribution in [0.3, 0.4) is 0 Å². The number of ether oxygens (including phenoxy) is 2. The molecule has 12 nitrogen and oxygen atoms in total. The van der Waals surface area contributed by atoms with Gasteiger partial charge in [-0.2, -0.15) is 0 Å². The minimum Gasteiger partial charge on any atom is -0.507 e. The summed E-state index contributed by atoms with van der Waals surface area (Å²) in [5.74, 6) is -1.22. The number of carbonyl (C=O) groups is 4. The summed E-state index contributed by atoms with van der Waals surface area (Å²) in [5, 5.41) is 20.4. The van der Waals surface area contributed by atoms with Crippen LogP contribution in [0.4, 0.5) is 0 Å². The predicted molar refractivity (Wildman–Crippen MR) is 252 cm³/mol. The van der Waals surface area contributed by atoms with Crippen LogP contribution in [0.15, 0.2) is 108 Å². The van der Waals surface area contributed by atoms with Crippen molar-refractivity contribution in [2.75, 3.05) is 26.9 Å². The SMILES string of the molecule is CO/N=C/C=C/C(=O)N/C=C/C[C@@H](CCO[Si](C(C)C)(C(C)C)C(C)C)OC(=O)c1c(O)cc(OCCNC(=O)CCc2ccc(C(=O)c3ccccc3)cc2)cc1CC=C(C)C. The van der Waals surface area contributed by atoms with Gasteiger partial charge in [-0.3, -0.25) is 14.4 Å². The number of aromatic hydroxyl groups is 1. The molecule has 3 aromatic rings. The zero-order valence-corrected chi connectivity index (χ0v) is 39.4. The molecule has 0 saturated carbocycles. The lowest BCUT2D eigenvalue weighted by molar-refractivity contribution is -0.121. The number of rotatable bonds is 26. The van der Waals surface area contributed by atoms with E-state index >= 15 is 0 Å². The Bertz CT molecular complexity index is 2030. The van der Waals surface area contributed by atoms with Crippen LogP contribution in [-0.2, 0) is 36.4 Å². The van der Waals surface area contributed by atoms with Crippen molar-refractivity contribution in [2.45, 2.75) is 110 Å². The highest BCUT2D eigenvalue weighted by atomic mass is 28.4. The van der Waals surface area contributed by atoms with Crippen molar-refractivity contribution in [1.82, 2.24) is 10.6 Å². The van der Waals surface area contributed by atoms with Crippen LogP contribution in [0.25, 0.3) is 0 Å². The smallest absolute Gasteiger partial charge is 0.342 e. The molecule has 63 heavy (non-hydrogen) atoms. The van der Waals surface area contributed by atoms with Crippen LogP contribution < -0.4 is 15.4 Å². The Hall–Kier alpha value is -5.79. The van der Waals surface area contributed by atoms with Gasteiger partial charge in [0.1, 0.15) is 36.9 Å². The van der Waals surface area contributed by atoms with Crippen molar-refractivity contribution in [2.24, 2.45) is 5.16 Å². The first-order valence-electron chi connectivity index (χ1n) is 21.7. The van der Waals surface area contributed by atoms with E-state index in [1.54, 1.807) is 36.4 Å². The lowest BCUT2D eigenvalue weighted by atomic mass is 10.0. The van der Waals surface area contributed by atoms with E-state index in [1.165, 1.54) is 37.7 Å². The van der Waals surface area contributed by atoms with Gasteiger partial charge in [-0.05, 0) is 66.6 Å². The molecule has 0 aromatic heterocycles. The summed E-state index contributed by atoms with van der Waals surface area (Å²) >= 11 is 0. The van der Waals surface area contributed by atoms with Crippen LogP contribution in [0.5, 0.6) is 11.5 Å². The molecule has 0 bridgehead atoms. The number of amides is 2. The molecular formula is C50H67N3O9Si. The maximum absolute atomic E-state index is 14.0. The number of aryl methyl sites for hydroxylation is 1. The van der Waals surface area contributed by atoms with Crippen molar-refractivity contribution >= 4 is 38.1 Å². The molecule has 0 aliphatic rings. The van der Waals surface area contributed by atoms with E-state index in [4.69, 9.17) is 13.9 Å². The van der Waals surface area contributed by atoms with Gasteiger partial charge >= 0.3 is 5.97 Å². The van der Waals surface area contributed by atoms with E-state index in [1.807, 2.05) is 50.3 Å². The summed E-state index contributed by atoms with van der Waals surface area (Å²) in [6, 6.07) is 19.5. The Labute approximate surface area is 375 Å². The van der Waals surface area contributed by atoms with Crippen LogP contribution in [0.1, 0.15) is 112 Å². The molecule has 0 saturated heterocycles. The third-order valence-corrected chi connectivity index (χ3v) is 16.8. The number of nitrogens with zero attached hydrogens (tertiary/aromatic N) is 1. The summed E-state index contributed by atoms with van der Waals surface area (Å²) < 4.78 is 18.9. The Morgan fingerprint density at radius 3 is 2.17 bits per heavy atom. The third-order valence-electron chi connectivity index (χ3n) is 10.7. The lowest BCUT2D eigenvalue weighted by Gasteiger charge is -2.42. The number of hydrogen-bond acceptors (Lipinski definition) is 10. The molecule has 0 unspecified atom stereocenters. The number of carbonyl (C=O) groups excluding carboxylic acids is 4. The van der Waals surface area contributed by atoms with Crippen molar-refractivity contribution in [3.05, 3.63) is 131 Å². The molecule has 0 fully saturated rings. The van der Waals surface area contributed by atoms with E-state index in [2.05, 4.69) is 62.2 Å². The topological polar surface area (TPSA) is 162 Å². The van der Waals surface area contributed by atoms with Crippen molar-refractivity contribution < 1.29 is 43.0 Å². The van der Waals surface area contributed by atoms with E-state index in [0.29, 0.717) is 64.9 Å². The number of benzene rings is 3. The Balaban J connectivity index is 1.68. The van der Waals surface area contributed by atoms with Crippen LogP contribution in [0, 0.1) is 0 Å². The fraction of sp³-hybridized carbons (Fsp3) is 0.420. The second-order valence-corrected chi connectivity index (χ2v) is 21.9. The number of oxime groups is 1. The van der Waals surface area contributed by atoms with E-state index in [-0.39, 0.29) is 54.9 Å². The summed E-state index contributed by atoms with van der Waals surface area (Å²) in [4.78, 5) is 56.2. The second-order valence-electron chi connectivity index (χ2n) is 16.5. The normalized spacial score (nSPS) is 12.3. The van der Waals surface area contributed by atoms with Crippen LogP contribution in [0.2, 0.25) is 16.6 Å². The lowest BCUT2D eigenvalue weighted by Crippen LogP contribution is -2.48. The molecule has 0 spiro atoms. The quantitative estimate of drug-likeness (QED) is 0.0104. The first-order chi connectivity index (χ1) is 30.1. The number of phenolic OH excluding ortho intramolecular Hbond substituents is 1. The second kappa shape index (κ2) is 26.6. The van der Waals surface area contributed by atoms with E-state index in [0.717, 1.165) is 11.1 Å². The molecule has 1 atom stereocenters. The molecule has 0 aliphatic carbocycles. The Morgan fingerprint density at radius 2 is 1.54 bits per heavy atom. The molecule has 340 valence electrons. The highest BCUT2D eigenvalue weighted by Crippen LogP contribution is 2.42. The van der Waals surface area contributed by atoms with Gasteiger partial charge in [0.2, 0.25) is 11.8 Å². The van der Waals surface area contributed by atoms with Gasteiger partial charge in [0.05, 0.1) is 12.8 Å². The molecule has 0 heterocycles. The number of allylic oxidation sites excluding steroid dienone is 3. The molecule has 3 rings (SSSR count). The summed E-state index contributed by atoms with van der Waals surface area (Å²) in [6.07, 6.45) is 10.4. The van der Waals surface area contributed by atoms with Gasteiger partial charge in [0, 0.05) is 55.3 Å². The Kier molecular flexibility index (Phi) is 21.8. The van der Waals surface area contributed by atoms with Crippen molar-refractivity contribution in [1.29, 1.82) is 0 Å². The molecule has 0 aliphatic heterocycles. The van der Waals surface area contributed by atoms with Gasteiger partial charge in [0.25, 0.3) is 0 Å². The largest absolute Gasteiger partial charge is 0.507 e. The van der Waals surface area contributed by atoms with Crippen molar-refractivity contribution in [3.63, 3.8) is 0 Å². The molecule has 2 amide bonds. The summed E-state index contributed by atoms with van der Waals surface area (Å²) in [6.45, 7) is 17.9. The van der Waals surface area contributed by atoms with Crippen molar-refractivity contribution in [3.8, 4) is 11.5 Å². The molecule has 3 aromatic carbocycles. The van der Waals surface area contributed by atoms with Crippen LogP contribution >= 0.6 is 0 Å². The number of esters is 1. The number of ketones is 1. The number of nitrogens with one attached hydrogen (secondary N) is 2. The number of phenols is 1. The fourth-order valence-electron chi connectivity index (χ4n) is 7.67. The van der Waals surface area contributed by atoms with Gasteiger partial charge in [-0.15, -0.1) is 0 Å². The monoisotopic (exact) mass is 881 g/mol.